The van der Waals surface area contributed by atoms with Gasteiger partial charge in [-0.1, -0.05) is 0 Å². The molecule has 0 amide bonds. The van der Waals surface area contributed by atoms with Crippen molar-refractivity contribution in [3.63, 3.8) is 0 Å². The first-order chi connectivity index (χ1) is 8.36. The van der Waals surface area contributed by atoms with Gasteiger partial charge in [0.15, 0.2) is 5.96 Å². The fraction of sp³-hybridized carbons (Fsp3) is 0.923. The number of hydrogen-bond acceptors (Lipinski definition) is 2. The van der Waals surface area contributed by atoms with Gasteiger partial charge in [0.2, 0.25) is 0 Å². The zero-order chi connectivity index (χ0) is 12.3. The molecular formula is C13H28IN3O. The van der Waals surface area contributed by atoms with E-state index in [1.165, 1.54) is 19.3 Å². The summed E-state index contributed by atoms with van der Waals surface area (Å²) in [6, 6.07) is 0. The normalized spacial score (nSPS) is 18.7. The molecule has 1 aliphatic heterocycles. The van der Waals surface area contributed by atoms with Crippen molar-refractivity contribution in [1.82, 2.24) is 10.6 Å². The Morgan fingerprint density at radius 3 is 2.50 bits per heavy atom. The molecule has 0 aromatic carbocycles. The third-order valence-electron chi connectivity index (χ3n) is 2.92. The lowest BCUT2D eigenvalue weighted by molar-refractivity contribution is 0.0105. The molecular weight excluding hydrogens is 341 g/mol. The summed E-state index contributed by atoms with van der Waals surface area (Å²) in [6.07, 6.45) is 6.55. The molecule has 5 heteroatoms. The van der Waals surface area contributed by atoms with Crippen molar-refractivity contribution in [3.8, 4) is 0 Å². The van der Waals surface area contributed by atoms with Gasteiger partial charge in [-0.2, -0.15) is 0 Å². The van der Waals surface area contributed by atoms with Gasteiger partial charge in [-0.05, 0) is 46.0 Å². The molecule has 1 unspecified atom stereocenters. The number of nitrogens with zero attached hydrogens (tertiary/aromatic N) is 1. The molecule has 0 aliphatic carbocycles. The first-order valence-electron chi connectivity index (χ1n) is 7.00. The summed E-state index contributed by atoms with van der Waals surface area (Å²) >= 11 is 0. The molecule has 1 rings (SSSR count). The molecule has 0 spiro atoms. The van der Waals surface area contributed by atoms with E-state index in [0.717, 1.165) is 45.0 Å². The van der Waals surface area contributed by atoms with Crippen LogP contribution in [-0.2, 0) is 4.74 Å². The summed E-state index contributed by atoms with van der Waals surface area (Å²) < 4.78 is 5.70. The van der Waals surface area contributed by atoms with Gasteiger partial charge in [-0.3, -0.25) is 4.99 Å². The van der Waals surface area contributed by atoms with Crippen LogP contribution >= 0.6 is 24.0 Å². The molecule has 1 heterocycles. The lowest BCUT2D eigenvalue weighted by Crippen LogP contribution is -2.37. The Balaban J connectivity index is 0.00000289. The van der Waals surface area contributed by atoms with Gasteiger partial charge >= 0.3 is 0 Å². The Bertz CT molecular complexity index is 210. The van der Waals surface area contributed by atoms with Gasteiger partial charge in [0.1, 0.15) is 0 Å². The zero-order valence-corrected chi connectivity index (χ0v) is 14.0. The Morgan fingerprint density at radius 1 is 1.22 bits per heavy atom. The summed E-state index contributed by atoms with van der Waals surface area (Å²) in [5, 5.41) is 6.46. The van der Waals surface area contributed by atoms with Crippen LogP contribution in [0, 0.1) is 0 Å². The SMILES string of the molecule is CCNC(=NCCCC1CCCCO1)NCC.I. The van der Waals surface area contributed by atoms with E-state index in [0.29, 0.717) is 6.10 Å². The van der Waals surface area contributed by atoms with Crippen molar-refractivity contribution in [2.45, 2.75) is 52.1 Å². The Kier molecular flexibility index (Phi) is 12.0. The minimum absolute atomic E-state index is 0. The summed E-state index contributed by atoms with van der Waals surface area (Å²) in [5.41, 5.74) is 0. The molecule has 0 bridgehead atoms. The van der Waals surface area contributed by atoms with Crippen molar-refractivity contribution >= 4 is 29.9 Å². The Hall–Kier alpha value is -0.0400. The summed E-state index contributed by atoms with van der Waals surface area (Å²) in [4.78, 5) is 4.53. The maximum atomic E-state index is 5.70. The highest BCUT2D eigenvalue weighted by Gasteiger charge is 2.12. The predicted molar refractivity (Wildman–Crippen MR) is 87.9 cm³/mol. The monoisotopic (exact) mass is 369 g/mol. The van der Waals surface area contributed by atoms with Crippen molar-refractivity contribution in [3.05, 3.63) is 0 Å². The van der Waals surface area contributed by atoms with E-state index in [1.807, 2.05) is 0 Å². The van der Waals surface area contributed by atoms with E-state index < -0.39 is 0 Å². The number of aliphatic imine (C=N–C) groups is 1. The van der Waals surface area contributed by atoms with E-state index in [-0.39, 0.29) is 24.0 Å². The molecule has 0 aromatic rings. The Morgan fingerprint density at radius 2 is 1.94 bits per heavy atom. The van der Waals surface area contributed by atoms with E-state index in [9.17, 15) is 0 Å². The van der Waals surface area contributed by atoms with Crippen molar-refractivity contribution < 1.29 is 4.74 Å². The molecule has 1 saturated heterocycles. The van der Waals surface area contributed by atoms with Crippen LogP contribution < -0.4 is 10.6 Å². The highest BCUT2D eigenvalue weighted by Crippen LogP contribution is 2.16. The maximum absolute atomic E-state index is 5.70. The minimum atomic E-state index is 0. The van der Waals surface area contributed by atoms with Crippen LogP contribution in [0.5, 0.6) is 0 Å². The zero-order valence-electron chi connectivity index (χ0n) is 11.7. The molecule has 1 aliphatic rings. The second kappa shape index (κ2) is 12.0. The number of ether oxygens (including phenoxy) is 1. The molecule has 0 radical (unpaired) electrons. The van der Waals surface area contributed by atoms with E-state index in [4.69, 9.17) is 4.74 Å². The van der Waals surface area contributed by atoms with Crippen LogP contribution in [0.2, 0.25) is 0 Å². The lowest BCUT2D eigenvalue weighted by atomic mass is 10.1. The van der Waals surface area contributed by atoms with Crippen LogP contribution in [0.15, 0.2) is 4.99 Å². The fourth-order valence-electron chi connectivity index (χ4n) is 2.05. The van der Waals surface area contributed by atoms with E-state index >= 15 is 0 Å². The smallest absolute Gasteiger partial charge is 0.191 e. The molecule has 18 heavy (non-hydrogen) atoms. The molecule has 0 saturated carbocycles. The van der Waals surface area contributed by atoms with E-state index in [2.05, 4.69) is 29.5 Å². The number of hydrogen-bond donors (Lipinski definition) is 2. The summed E-state index contributed by atoms with van der Waals surface area (Å²) in [6.45, 7) is 7.84. The highest BCUT2D eigenvalue weighted by atomic mass is 127. The second-order valence-corrected chi connectivity index (χ2v) is 4.42. The minimum Gasteiger partial charge on any atom is -0.378 e. The van der Waals surface area contributed by atoms with Crippen LogP contribution in [-0.4, -0.2) is 38.3 Å². The van der Waals surface area contributed by atoms with Gasteiger partial charge in [0, 0.05) is 26.2 Å². The van der Waals surface area contributed by atoms with Crippen LogP contribution in [0.25, 0.3) is 0 Å². The van der Waals surface area contributed by atoms with Crippen molar-refractivity contribution in [2.24, 2.45) is 4.99 Å². The molecule has 108 valence electrons. The van der Waals surface area contributed by atoms with E-state index in [1.54, 1.807) is 0 Å². The lowest BCUT2D eigenvalue weighted by Gasteiger charge is -2.22. The third-order valence-corrected chi connectivity index (χ3v) is 2.92. The number of guanidine groups is 1. The molecule has 2 N–H and O–H groups in total. The number of halogens is 1. The largest absolute Gasteiger partial charge is 0.378 e. The van der Waals surface area contributed by atoms with Gasteiger partial charge in [-0.15, -0.1) is 24.0 Å². The van der Waals surface area contributed by atoms with Crippen LogP contribution in [0.4, 0.5) is 0 Å². The van der Waals surface area contributed by atoms with Crippen LogP contribution in [0.1, 0.15) is 46.0 Å². The number of nitrogens with one attached hydrogen (secondary N) is 2. The van der Waals surface area contributed by atoms with Gasteiger partial charge in [-0.25, -0.2) is 0 Å². The summed E-state index contributed by atoms with van der Waals surface area (Å²) in [5.74, 6) is 0.930. The average Bonchev–Trinajstić information content (AvgIpc) is 2.36. The standard InChI is InChI=1S/C13H27N3O.HI/c1-3-14-13(15-4-2)16-10-7-9-12-8-5-6-11-17-12;/h12H,3-11H2,1-2H3,(H2,14,15,16);1H. The topological polar surface area (TPSA) is 45.7 Å². The summed E-state index contributed by atoms with van der Waals surface area (Å²) in [7, 11) is 0. The molecule has 0 aromatic heterocycles. The second-order valence-electron chi connectivity index (χ2n) is 4.42. The third kappa shape index (κ3) is 8.13. The van der Waals surface area contributed by atoms with Crippen LogP contribution in [0.3, 0.4) is 0 Å². The number of rotatable bonds is 6. The maximum Gasteiger partial charge on any atom is 0.191 e. The highest BCUT2D eigenvalue weighted by molar-refractivity contribution is 14.0. The molecule has 1 atom stereocenters. The first kappa shape index (κ1) is 18.0. The molecule has 4 nitrogen and oxygen atoms in total. The van der Waals surface area contributed by atoms with Gasteiger partial charge in [0.25, 0.3) is 0 Å². The average molecular weight is 369 g/mol. The van der Waals surface area contributed by atoms with Gasteiger partial charge < -0.3 is 15.4 Å². The first-order valence-corrected chi connectivity index (χ1v) is 7.00. The predicted octanol–water partition coefficient (Wildman–Crippen LogP) is 2.53. The molecule has 1 fully saturated rings. The van der Waals surface area contributed by atoms with Crippen molar-refractivity contribution in [1.29, 1.82) is 0 Å². The Labute approximate surface area is 128 Å². The fourth-order valence-corrected chi connectivity index (χ4v) is 2.05. The van der Waals surface area contributed by atoms with Gasteiger partial charge in [0.05, 0.1) is 6.10 Å². The van der Waals surface area contributed by atoms with Crippen molar-refractivity contribution in [2.75, 3.05) is 26.2 Å². The quantitative estimate of drug-likeness (QED) is 0.327.